The van der Waals surface area contributed by atoms with Gasteiger partial charge < -0.3 is 20.8 Å². The predicted molar refractivity (Wildman–Crippen MR) is 112 cm³/mol. The van der Waals surface area contributed by atoms with E-state index >= 15 is 0 Å². The van der Waals surface area contributed by atoms with Gasteiger partial charge in [0.05, 0.1) is 13.1 Å². The van der Waals surface area contributed by atoms with Gasteiger partial charge in [0, 0.05) is 6.54 Å². The van der Waals surface area contributed by atoms with Gasteiger partial charge in [0.15, 0.2) is 17.5 Å². The molecule has 7 heteroatoms. The molecule has 5 nitrogen and oxygen atoms in total. The number of guanidine groups is 1. The Kier molecular flexibility index (Phi) is 8.80. The fraction of sp³-hybridized carbons (Fsp3) is 0.316. The zero-order chi connectivity index (χ0) is 18.3. The quantitative estimate of drug-likeness (QED) is 0.296. The Balaban J connectivity index is 0.00000338. The van der Waals surface area contributed by atoms with Crippen molar-refractivity contribution >= 4 is 29.9 Å². The number of aliphatic hydroxyl groups is 1. The van der Waals surface area contributed by atoms with E-state index in [4.69, 9.17) is 0 Å². The summed E-state index contributed by atoms with van der Waals surface area (Å²) in [4.78, 5) is 4.39. The number of nitrogens with one attached hydrogen (secondary N) is 2. The van der Waals surface area contributed by atoms with Crippen LogP contribution in [0.2, 0.25) is 0 Å². The van der Waals surface area contributed by atoms with Crippen molar-refractivity contribution in [2.75, 3.05) is 13.1 Å². The maximum atomic E-state index is 13.4. The van der Waals surface area contributed by atoms with E-state index in [2.05, 4.69) is 15.6 Å². The van der Waals surface area contributed by atoms with Gasteiger partial charge in [0.2, 0.25) is 0 Å². The lowest BCUT2D eigenvalue weighted by Crippen LogP contribution is -2.44. The van der Waals surface area contributed by atoms with Crippen LogP contribution in [0.25, 0.3) is 0 Å². The van der Waals surface area contributed by atoms with Crippen LogP contribution >= 0.6 is 24.0 Å². The van der Waals surface area contributed by atoms with E-state index in [1.807, 2.05) is 37.3 Å². The molecule has 26 heavy (non-hydrogen) atoms. The third-order valence-corrected chi connectivity index (χ3v) is 3.77. The van der Waals surface area contributed by atoms with E-state index in [-0.39, 0.29) is 42.8 Å². The molecule has 2 aromatic rings. The molecule has 4 N–H and O–H groups in total. The van der Waals surface area contributed by atoms with Crippen molar-refractivity contribution in [3.05, 3.63) is 65.5 Å². The van der Waals surface area contributed by atoms with Crippen molar-refractivity contribution in [1.82, 2.24) is 10.6 Å². The zero-order valence-corrected chi connectivity index (χ0v) is 17.2. The first-order valence-corrected chi connectivity index (χ1v) is 8.20. The van der Waals surface area contributed by atoms with E-state index in [9.17, 15) is 14.6 Å². The number of aliphatic imine (C=N–C) groups is 1. The van der Waals surface area contributed by atoms with Gasteiger partial charge >= 0.3 is 0 Å². The number of phenols is 1. The molecule has 0 spiro atoms. The fourth-order valence-electron chi connectivity index (χ4n) is 2.32. The van der Waals surface area contributed by atoms with E-state index in [0.717, 1.165) is 5.56 Å². The summed E-state index contributed by atoms with van der Waals surface area (Å²) < 4.78 is 13.4. The number of rotatable bonds is 6. The van der Waals surface area contributed by atoms with Gasteiger partial charge in [-0.3, -0.25) is 0 Å². The van der Waals surface area contributed by atoms with E-state index in [1.54, 1.807) is 13.0 Å². The van der Waals surface area contributed by atoms with E-state index in [0.29, 0.717) is 18.1 Å². The lowest BCUT2D eigenvalue weighted by atomic mass is 9.96. The molecular formula is C19H25FIN3O2. The Bertz CT molecular complexity index is 724. The molecule has 1 atom stereocenters. The van der Waals surface area contributed by atoms with Crippen LogP contribution in [0.1, 0.15) is 25.0 Å². The summed E-state index contributed by atoms with van der Waals surface area (Å²) in [7, 11) is 0. The average Bonchev–Trinajstić information content (AvgIpc) is 2.61. The van der Waals surface area contributed by atoms with Crippen molar-refractivity contribution in [1.29, 1.82) is 0 Å². The number of aromatic hydroxyl groups is 1. The lowest BCUT2D eigenvalue weighted by Gasteiger charge is -2.25. The highest BCUT2D eigenvalue weighted by molar-refractivity contribution is 14.0. The fourth-order valence-corrected chi connectivity index (χ4v) is 2.32. The topological polar surface area (TPSA) is 76.9 Å². The molecule has 0 fully saturated rings. The van der Waals surface area contributed by atoms with E-state index in [1.165, 1.54) is 12.1 Å². The maximum Gasteiger partial charge on any atom is 0.191 e. The first kappa shape index (κ1) is 22.2. The van der Waals surface area contributed by atoms with Gasteiger partial charge in [-0.15, -0.1) is 24.0 Å². The molecule has 0 amide bonds. The number of hydrogen-bond donors (Lipinski definition) is 4. The Morgan fingerprint density at radius 1 is 1.15 bits per heavy atom. The molecule has 2 aromatic carbocycles. The predicted octanol–water partition coefficient (Wildman–Crippen LogP) is 3.11. The SMILES string of the molecule is CCNC(=NCc1ccc(O)c(F)c1)NCC(C)(O)c1ccccc1.I. The highest BCUT2D eigenvalue weighted by atomic mass is 127. The molecule has 0 aliphatic carbocycles. The molecule has 0 saturated heterocycles. The van der Waals surface area contributed by atoms with Crippen LogP contribution in [0.4, 0.5) is 4.39 Å². The first-order valence-electron chi connectivity index (χ1n) is 8.20. The minimum absolute atomic E-state index is 0. The molecule has 0 saturated carbocycles. The van der Waals surface area contributed by atoms with Crippen molar-refractivity contribution in [2.24, 2.45) is 4.99 Å². The van der Waals surface area contributed by atoms with Gasteiger partial charge in [0.25, 0.3) is 0 Å². The molecular weight excluding hydrogens is 448 g/mol. The third kappa shape index (κ3) is 6.45. The summed E-state index contributed by atoms with van der Waals surface area (Å²) >= 11 is 0. The second kappa shape index (κ2) is 10.3. The van der Waals surface area contributed by atoms with Gasteiger partial charge in [-0.1, -0.05) is 36.4 Å². The molecule has 0 heterocycles. The zero-order valence-electron chi connectivity index (χ0n) is 14.9. The molecule has 2 rings (SSSR count). The van der Waals surface area contributed by atoms with Crippen molar-refractivity contribution < 1.29 is 14.6 Å². The summed E-state index contributed by atoms with van der Waals surface area (Å²) in [6, 6.07) is 13.6. The minimum Gasteiger partial charge on any atom is -0.505 e. The number of benzene rings is 2. The maximum absolute atomic E-state index is 13.4. The second-order valence-electron chi connectivity index (χ2n) is 5.97. The standard InChI is InChI=1S/C19H24FN3O2.HI/c1-3-21-18(22-12-14-9-10-17(24)16(20)11-14)23-13-19(2,25)15-7-5-4-6-8-15;/h4-11,24-25H,3,12-13H2,1-2H3,(H2,21,22,23);1H. The highest BCUT2D eigenvalue weighted by Crippen LogP contribution is 2.19. The summed E-state index contributed by atoms with van der Waals surface area (Å²) in [5.41, 5.74) is 0.392. The summed E-state index contributed by atoms with van der Waals surface area (Å²) in [6.45, 7) is 4.84. The monoisotopic (exact) mass is 473 g/mol. The van der Waals surface area contributed by atoms with Crippen LogP contribution in [0.5, 0.6) is 5.75 Å². The summed E-state index contributed by atoms with van der Waals surface area (Å²) in [5, 5.41) is 26.0. The second-order valence-corrected chi connectivity index (χ2v) is 5.97. The molecule has 0 aromatic heterocycles. The number of phenolic OH excluding ortho intramolecular Hbond substituents is 1. The van der Waals surface area contributed by atoms with Crippen LogP contribution < -0.4 is 10.6 Å². The summed E-state index contributed by atoms with van der Waals surface area (Å²) in [5.74, 6) is -0.526. The van der Waals surface area contributed by atoms with Gasteiger partial charge in [-0.25, -0.2) is 9.38 Å². The van der Waals surface area contributed by atoms with Crippen LogP contribution in [0.3, 0.4) is 0 Å². The lowest BCUT2D eigenvalue weighted by molar-refractivity contribution is 0.0617. The van der Waals surface area contributed by atoms with Crippen LogP contribution in [0, 0.1) is 5.82 Å². The highest BCUT2D eigenvalue weighted by Gasteiger charge is 2.22. The van der Waals surface area contributed by atoms with Gasteiger partial charge in [-0.05, 0) is 37.1 Å². The largest absolute Gasteiger partial charge is 0.505 e. The molecule has 0 aliphatic rings. The van der Waals surface area contributed by atoms with Gasteiger partial charge in [-0.2, -0.15) is 0 Å². The molecule has 0 aliphatic heterocycles. The molecule has 0 radical (unpaired) electrons. The van der Waals surface area contributed by atoms with E-state index < -0.39 is 11.4 Å². The summed E-state index contributed by atoms with van der Waals surface area (Å²) in [6.07, 6.45) is 0. The molecule has 142 valence electrons. The molecule has 1 unspecified atom stereocenters. The number of nitrogens with zero attached hydrogens (tertiary/aromatic N) is 1. The number of halogens is 2. The minimum atomic E-state index is -1.05. The number of hydrogen-bond acceptors (Lipinski definition) is 3. The van der Waals surface area contributed by atoms with Crippen molar-refractivity contribution in [2.45, 2.75) is 26.0 Å². The molecule has 0 bridgehead atoms. The van der Waals surface area contributed by atoms with Crippen LogP contribution in [0.15, 0.2) is 53.5 Å². The third-order valence-electron chi connectivity index (χ3n) is 3.77. The van der Waals surface area contributed by atoms with Crippen molar-refractivity contribution in [3.8, 4) is 5.75 Å². The van der Waals surface area contributed by atoms with Crippen molar-refractivity contribution in [3.63, 3.8) is 0 Å². The van der Waals surface area contributed by atoms with Crippen LogP contribution in [-0.2, 0) is 12.1 Å². The Labute approximate surface area is 170 Å². The van der Waals surface area contributed by atoms with Crippen LogP contribution in [-0.4, -0.2) is 29.3 Å². The Hall–Kier alpha value is -1.87. The smallest absolute Gasteiger partial charge is 0.191 e. The Morgan fingerprint density at radius 3 is 2.46 bits per heavy atom. The average molecular weight is 473 g/mol. The first-order chi connectivity index (χ1) is 11.9. The van der Waals surface area contributed by atoms with Gasteiger partial charge in [0.1, 0.15) is 5.60 Å². The Morgan fingerprint density at radius 2 is 1.85 bits per heavy atom. The normalized spacial score (nSPS) is 13.5.